The number of nitrogen functional groups attached to an aromatic ring is 1. The molecule has 0 saturated carbocycles. The Bertz CT molecular complexity index is 461. The number of benzene rings is 1. The van der Waals surface area contributed by atoms with Gasteiger partial charge in [-0.3, -0.25) is 9.69 Å². The smallest absolute Gasteiger partial charge is 0.241 e. The van der Waals surface area contributed by atoms with Gasteiger partial charge in [-0.15, -0.1) is 0 Å². The normalized spacial score (nSPS) is 20.8. The molecule has 4 heteroatoms. The van der Waals surface area contributed by atoms with Gasteiger partial charge in [0.25, 0.3) is 0 Å². The van der Waals surface area contributed by atoms with Crippen molar-refractivity contribution in [1.29, 1.82) is 0 Å². The first-order valence-corrected chi connectivity index (χ1v) is 7.50. The van der Waals surface area contributed by atoms with Gasteiger partial charge in [-0.1, -0.05) is 19.4 Å². The summed E-state index contributed by atoms with van der Waals surface area (Å²) in [7, 11) is 0. The van der Waals surface area contributed by atoms with E-state index in [1.165, 1.54) is 19.3 Å². The molecule has 4 nitrogen and oxygen atoms in total. The van der Waals surface area contributed by atoms with E-state index in [0.717, 1.165) is 24.7 Å². The van der Waals surface area contributed by atoms with Gasteiger partial charge in [0.15, 0.2) is 0 Å². The largest absolute Gasteiger partial charge is 0.399 e. The molecule has 20 heavy (non-hydrogen) atoms. The highest BCUT2D eigenvalue weighted by Gasteiger charge is 2.28. The van der Waals surface area contributed by atoms with Gasteiger partial charge in [-0.25, -0.2) is 0 Å². The van der Waals surface area contributed by atoms with E-state index in [1.807, 2.05) is 25.1 Å². The predicted molar refractivity (Wildman–Crippen MR) is 83.5 cm³/mol. The van der Waals surface area contributed by atoms with Crippen LogP contribution in [-0.2, 0) is 4.79 Å². The Labute approximate surface area is 121 Å². The van der Waals surface area contributed by atoms with Gasteiger partial charge < -0.3 is 11.1 Å². The summed E-state index contributed by atoms with van der Waals surface area (Å²) in [5.74, 6) is 0.801. The molecule has 2 rings (SSSR count). The molecular weight excluding hydrogens is 250 g/mol. The van der Waals surface area contributed by atoms with Crippen LogP contribution in [0.15, 0.2) is 24.3 Å². The summed E-state index contributed by atoms with van der Waals surface area (Å²) in [6.45, 7) is 6.27. The summed E-state index contributed by atoms with van der Waals surface area (Å²) in [6.07, 6.45) is 3.70. The molecule has 1 fully saturated rings. The molecule has 1 aliphatic heterocycles. The summed E-state index contributed by atoms with van der Waals surface area (Å²) in [4.78, 5) is 14.6. The minimum Gasteiger partial charge on any atom is -0.399 e. The minimum absolute atomic E-state index is 0.0488. The summed E-state index contributed by atoms with van der Waals surface area (Å²) >= 11 is 0. The monoisotopic (exact) mass is 275 g/mol. The number of likely N-dealkylation sites (tertiary alicyclic amines) is 1. The van der Waals surface area contributed by atoms with Crippen molar-refractivity contribution in [1.82, 2.24) is 4.90 Å². The van der Waals surface area contributed by atoms with Crippen LogP contribution in [0.2, 0.25) is 0 Å². The number of nitrogens with one attached hydrogen (secondary N) is 1. The van der Waals surface area contributed by atoms with Gasteiger partial charge >= 0.3 is 0 Å². The van der Waals surface area contributed by atoms with Crippen LogP contribution in [-0.4, -0.2) is 29.9 Å². The molecule has 0 aromatic heterocycles. The van der Waals surface area contributed by atoms with E-state index >= 15 is 0 Å². The van der Waals surface area contributed by atoms with Crippen LogP contribution in [0, 0.1) is 5.92 Å². The molecule has 3 N–H and O–H groups in total. The Morgan fingerprint density at radius 1 is 1.55 bits per heavy atom. The number of hydrogen-bond acceptors (Lipinski definition) is 3. The van der Waals surface area contributed by atoms with Crippen molar-refractivity contribution in [2.24, 2.45) is 5.92 Å². The first kappa shape index (κ1) is 14.9. The lowest BCUT2D eigenvalue weighted by molar-refractivity contribution is -0.120. The van der Waals surface area contributed by atoms with Crippen molar-refractivity contribution >= 4 is 17.3 Å². The molecule has 2 atom stereocenters. The zero-order valence-corrected chi connectivity index (χ0v) is 12.4. The van der Waals surface area contributed by atoms with Gasteiger partial charge in [-0.05, 0) is 50.4 Å². The molecule has 0 spiro atoms. The molecule has 110 valence electrons. The standard InChI is InChI=1S/C16H25N3O/c1-3-5-13-8-9-19(11-13)12(2)16(20)18-15-7-4-6-14(17)10-15/h4,6-7,10,12-13H,3,5,8-9,11,17H2,1-2H3,(H,18,20). The summed E-state index contributed by atoms with van der Waals surface area (Å²) in [5, 5.41) is 2.95. The lowest BCUT2D eigenvalue weighted by Crippen LogP contribution is -2.40. The molecule has 1 aromatic rings. The van der Waals surface area contributed by atoms with Crippen LogP contribution < -0.4 is 11.1 Å². The van der Waals surface area contributed by atoms with Crippen molar-refractivity contribution in [3.63, 3.8) is 0 Å². The molecule has 1 amide bonds. The fourth-order valence-corrected chi connectivity index (χ4v) is 2.89. The third kappa shape index (κ3) is 3.73. The van der Waals surface area contributed by atoms with Gasteiger partial charge in [0, 0.05) is 17.9 Å². The van der Waals surface area contributed by atoms with E-state index in [9.17, 15) is 4.79 Å². The lowest BCUT2D eigenvalue weighted by atomic mass is 10.0. The number of carbonyl (C=O) groups excluding carboxylic acids is 1. The molecule has 1 saturated heterocycles. The van der Waals surface area contributed by atoms with Crippen LogP contribution in [0.4, 0.5) is 11.4 Å². The average molecular weight is 275 g/mol. The highest BCUT2D eigenvalue weighted by atomic mass is 16.2. The fourth-order valence-electron chi connectivity index (χ4n) is 2.89. The topological polar surface area (TPSA) is 58.4 Å². The molecule has 1 heterocycles. The molecular formula is C16H25N3O. The first-order chi connectivity index (χ1) is 9.60. The second-order valence-corrected chi connectivity index (χ2v) is 5.73. The molecule has 0 radical (unpaired) electrons. The summed E-state index contributed by atoms with van der Waals surface area (Å²) in [6, 6.07) is 7.23. The van der Waals surface area contributed by atoms with E-state index < -0.39 is 0 Å². The Hall–Kier alpha value is -1.55. The third-order valence-electron chi connectivity index (χ3n) is 4.10. The summed E-state index contributed by atoms with van der Waals surface area (Å²) < 4.78 is 0. The maximum atomic E-state index is 12.3. The van der Waals surface area contributed by atoms with Crippen LogP contribution in [0.3, 0.4) is 0 Å². The number of amides is 1. The zero-order valence-electron chi connectivity index (χ0n) is 12.4. The number of rotatable bonds is 5. The van der Waals surface area contributed by atoms with Crippen molar-refractivity contribution in [2.45, 2.75) is 39.2 Å². The Morgan fingerprint density at radius 2 is 2.35 bits per heavy atom. The average Bonchev–Trinajstić information content (AvgIpc) is 2.87. The van der Waals surface area contributed by atoms with E-state index in [2.05, 4.69) is 17.1 Å². The van der Waals surface area contributed by atoms with Crippen molar-refractivity contribution in [2.75, 3.05) is 24.1 Å². The van der Waals surface area contributed by atoms with Crippen LogP contribution in [0.5, 0.6) is 0 Å². The Balaban J connectivity index is 1.89. The van der Waals surface area contributed by atoms with Crippen molar-refractivity contribution in [3.05, 3.63) is 24.3 Å². The summed E-state index contributed by atoms with van der Waals surface area (Å²) in [5.41, 5.74) is 7.16. The van der Waals surface area contributed by atoms with E-state index in [-0.39, 0.29) is 11.9 Å². The highest BCUT2D eigenvalue weighted by Crippen LogP contribution is 2.23. The molecule has 1 aliphatic rings. The van der Waals surface area contributed by atoms with Crippen LogP contribution in [0.1, 0.15) is 33.1 Å². The number of hydrogen-bond donors (Lipinski definition) is 2. The fraction of sp³-hybridized carbons (Fsp3) is 0.562. The SMILES string of the molecule is CCCC1CCN(C(C)C(=O)Nc2cccc(N)c2)C1. The Morgan fingerprint density at radius 3 is 3.05 bits per heavy atom. The van der Waals surface area contributed by atoms with Crippen LogP contribution in [0.25, 0.3) is 0 Å². The number of nitrogens with two attached hydrogens (primary N) is 1. The molecule has 0 bridgehead atoms. The number of anilines is 2. The third-order valence-corrected chi connectivity index (χ3v) is 4.10. The van der Waals surface area contributed by atoms with Gasteiger partial charge in [0.05, 0.1) is 6.04 Å². The minimum atomic E-state index is -0.0849. The van der Waals surface area contributed by atoms with Gasteiger partial charge in [0.2, 0.25) is 5.91 Å². The van der Waals surface area contributed by atoms with Crippen molar-refractivity contribution in [3.8, 4) is 0 Å². The maximum absolute atomic E-state index is 12.3. The van der Waals surface area contributed by atoms with E-state index in [0.29, 0.717) is 5.69 Å². The van der Waals surface area contributed by atoms with Gasteiger partial charge in [0.1, 0.15) is 0 Å². The maximum Gasteiger partial charge on any atom is 0.241 e. The van der Waals surface area contributed by atoms with Crippen molar-refractivity contribution < 1.29 is 4.79 Å². The lowest BCUT2D eigenvalue weighted by Gasteiger charge is -2.23. The number of carbonyl (C=O) groups is 1. The number of nitrogens with zero attached hydrogens (tertiary/aromatic N) is 1. The second kappa shape index (κ2) is 6.75. The predicted octanol–water partition coefficient (Wildman–Crippen LogP) is 2.72. The van der Waals surface area contributed by atoms with Crippen LogP contribution >= 0.6 is 0 Å². The molecule has 2 unspecified atom stereocenters. The second-order valence-electron chi connectivity index (χ2n) is 5.73. The van der Waals surface area contributed by atoms with E-state index in [1.54, 1.807) is 6.07 Å². The quantitative estimate of drug-likeness (QED) is 0.812. The van der Waals surface area contributed by atoms with E-state index in [4.69, 9.17) is 5.73 Å². The zero-order chi connectivity index (χ0) is 14.5. The molecule has 1 aromatic carbocycles. The highest BCUT2D eigenvalue weighted by molar-refractivity contribution is 5.94. The first-order valence-electron chi connectivity index (χ1n) is 7.50. The molecule has 0 aliphatic carbocycles. The Kier molecular flexibility index (Phi) is 5.01. The van der Waals surface area contributed by atoms with Gasteiger partial charge in [-0.2, -0.15) is 0 Å².